The van der Waals surface area contributed by atoms with Crippen molar-refractivity contribution in [1.29, 1.82) is 0 Å². The van der Waals surface area contributed by atoms with E-state index in [1.54, 1.807) is 0 Å². The maximum absolute atomic E-state index is 15.9. The highest BCUT2D eigenvalue weighted by atomic mass is 31.2. The van der Waals surface area contributed by atoms with E-state index in [0.29, 0.717) is 0 Å². The molecule has 0 unspecified atom stereocenters. The molecule has 0 N–H and O–H groups in total. The first kappa shape index (κ1) is 26.7. The molecule has 9 rings (SSSR count). The van der Waals surface area contributed by atoms with Crippen LogP contribution in [0.25, 0.3) is 44.5 Å². The van der Waals surface area contributed by atoms with Crippen LogP contribution in [-0.2, 0) is 4.57 Å². The highest BCUT2D eigenvalue weighted by Gasteiger charge is 2.33. The minimum Gasteiger partial charge on any atom is -0.456 e. The summed E-state index contributed by atoms with van der Waals surface area (Å²) < 4.78 is 29.0. The lowest BCUT2D eigenvalue weighted by molar-refractivity contribution is 0.487. The second-order valence-electron chi connectivity index (χ2n) is 11.6. The molecule has 0 bridgehead atoms. The summed E-state index contributed by atoms with van der Waals surface area (Å²) in [5, 5.41) is 2.26. The minimum absolute atomic E-state index is 0.739. The molecule has 0 amide bonds. The fourth-order valence-corrected chi connectivity index (χ4v) is 9.49. The van der Waals surface area contributed by atoms with Gasteiger partial charge in [0.1, 0.15) is 23.0 Å². The lowest BCUT2D eigenvalue weighted by Crippen LogP contribution is -2.25. The number of ether oxygens (including phenoxy) is 2. The predicted molar refractivity (Wildman–Crippen MR) is 188 cm³/mol. The van der Waals surface area contributed by atoms with E-state index < -0.39 is 7.14 Å². The maximum atomic E-state index is 15.9. The van der Waals surface area contributed by atoms with E-state index in [1.165, 1.54) is 0 Å². The Morgan fingerprint density at radius 3 is 1.11 bits per heavy atom. The molecule has 7 aromatic rings. The molecule has 2 aliphatic rings. The van der Waals surface area contributed by atoms with Crippen LogP contribution in [0.15, 0.2) is 164 Å². The average Bonchev–Trinajstić information content (AvgIpc) is 3.36. The van der Waals surface area contributed by atoms with Crippen LogP contribution < -0.4 is 25.4 Å². The lowest BCUT2D eigenvalue weighted by atomic mass is 9.95. The topological polar surface area (TPSA) is 35.5 Å². The van der Waals surface area contributed by atoms with Gasteiger partial charge >= 0.3 is 0 Å². The van der Waals surface area contributed by atoms with Gasteiger partial charge in [-0.1, -0.05) is 115 Å². The molecular weight excluding hydrogens is 583 g/mol. The second kappa shape index (κ2) is 10.5. The van der Waals surface area contributed by atoms with Gasteiger partial charge in [0, 0.05) is 38.2 Å². The van der Waals surface area contributed by atoms with Crippen molar-refractivity contribution in [1.82, 2.24) is 0 Å². The molecule has 0 aromatic heterocycles. The molecule has 2 aliphatic heterocycles. The summed E-state index contributed by atoms with van der Waals surface area (Å²) in [6.07, 6.45) is 0. The van der Waals surface area contributed by atoms with Gasteiger partial charge < -0.3 is 14.0 Å². The van der Waals surface area contributed by atoms with Gasteiger partial charge in [-0.05, 0) is 70.8 Å². The summed E-state index contributed by atoms with van der Waals surface area (Å²) in [6, 6.07) is 54.7. The zero-order chi connectivity index (χ0) is 30.7. The van der Waals surface area contributed by atoms with E-state index in [-0.39, 0.29) is 0 Å². The Morgan fingerprint density at radius 1 is 0.304 bits per heavy atom. The normalized spacial score (nSPS) is 12.3. The summed E-state index contributed by atoms with van der Waals surface area (Å²) >= 11 is 0. The predicted octanol–water partition coefficient (Wildman–Crippen LogP) is 10.2. The highest BCUT2D eigenvalue weighted by Crippen LogP contribution is 2.51. The Labute approximate surface area is 267 Å². The van der Waals surface area contributed by atoms with Crippen molar-refractivity contribution in [3.63, 3.8) is 0 Å². The van der Waals surface area contributed by atoms with Gasteiger partial charge in [-0.2, -0.15) is 0 Å². The SMILES string of the molecule is O=P(c1ccccc1)(c1ccc2c(c1)-c1ccccc1-c1ccccc1O2)c1ccc2c(c1)-c1ccccc1-c1ccccc1O2. The fraction of sp³-hybridized carbons (Fsp3) is 0. The van der Waals surface area contributed by atoms with E-state index in [4.69, 9.17) is 9.47 Å². The Bertz CT molecular complexity index is 2210. The van der Waals surface area contributed by atoms with Gasteiger partial charge in [0.25, 0.3) is 0 Å². The Balaban J connectivity index is 1.27. The average molecular weight is 611 g/mol. The number of benzene rings is 7. The van der Waals surface area contributed by atoms with E-state index >= 15 is 4.57 Å². The van der Waals surface area contributed by atoms with E-state index in [1.807, 2.05) is 115 Å². The van der Waals surface area contributed by atoms with Crippen LogP contribution in [0.4, 0.5) is 0 Å². The van der Waals surface area contributed by atoms with Gasteiger partial charge in [0.05, 0.1) is 0 Å². The number of rotatable bonds is 3. The van der Waals surface area contributed by atoms with Crippen molar-refractivity contribution in [3.05, 3.63) is 164 Å². The zero-order valence-electron chi connectivity index (χ0n) is 24.8. The number of hydrogen-bond acceptors (Lipinski definition) is 3. The van der Waals surface area contributed by atoms with Crippen molar-refractivity contribution in [3.8, 4) is 67.5 Å². The van der Waals surface area contributed by atoms with Crippen molar-refractivity contribution in [2.45, 2.75) is 0 Å². The molecule has 0 radical (unpaired) electrons. The molecule has 46 heavy (non-hydrogen) atoms. The quantitative estimate of drug-likeness (QED) is 0.187. The van der Waals surface area contributed by atoms with E-state index in [0.717, 1.165) is 83.4 Å². The van der Waals surface area contributed by atoms with Crippen LogP contribution in [0.2, 0.25) is 0 Å². The fourth-order valence-electron chi connectivity index (χ4n) is 6.81. The van der Waals surface area contributed by atoms with Gasteiger partial charge in [0.2, 0.25) is 0 Å². The molecule has 2 heterocycles. The van der Waals surface area contributed by atoms with E-state index in [9.17, 15) is 0 Å². The standard InChI is InChI=1S/C42H27O3P/c43-46(28-12-2-1-3-13-28,29-22-24-41-37(26-29)33-16-6-4-14-31(33)35-18-8-10-20-39(35)44-41)30-23-25-42-38(27-30)34-17-7-5-15-32(34)36-19-9-11-21-40(36)45-42/h1-27H. The van der Waals surface area contributed by atoms with Crippen LogP contribution in [0.3, 0.4) is 0 Å². The second-order valence-corrected chi connectivity index (χ2v) is 14.4. The van der Waals surface area contributed by atoms with Crippen LogP contribution >= 0.6 is 7.14 Å². The molecule has 0 spiro atoms. The minimum atomic E-state index is -3.38. The third-order valence-electron chi connectivity index (χ3n) is 9.00. The van der Waals surface area contributed by atoms with Gasteiger partial charge in [-0.3, -0.25) is 0 Å². The molecule has 0 saturated carbocycles. The lowest BCUT2D eigenvalue weighted by Gasteiger charge is -2.23. The smallest absolute Gasteiger partial charge is 0.171 e. The number of hydrogen-bond donors (Lipinski definition) is 0. The van der Waals surface area contributed by atoms with Crippen molar-refractivity contribution in [2.75, 3.05) is 0 Å². The monoisotopic (exact) mass is 610 g/mol. The number of para-hydroxylation sites is 2. The van der Waals surface area contributed by atoms with Crippen molar-refractivity contribution in [2.24, 2.45) is 0 Å². The van der Waals surface area contributed by atoms with Crippen LogP contribution in [-0.4, -0.2) is 0 Å². The Kier molecular flexibility index (Phi) is 6.09. The van der Waals surface area contributed by atoms with Gasteiger partial charge in [-0.25, -0.2) is 0 Å². The molecule has 218 valence electrons. The molecule has 4 heteroatoms. The summed E-state index contributed by atoms with van der Waals surface area (Å²) in [4.78, 5) is 0. The summed E-state index contributed by atoms with van der Waals surface area (Å²) in [5.41, 5.74) is 8.17. The first-order chi connectivity index (χ1) is 22.7. The van der Waals surface area contributed by atoms with Crippen LogP contribution in [0.1, 0.15) is 0 Å². The molecule has 0 atom stereocenters. The first-order valence-corrected chi connectivity index (χ1v) is 17.1. The summed E-state index contributed by atoms with van der Waals surface area (Å²) in [7, 11) is -3.38. The van der Waals surface area contributed by atoms with Crippen molar-refractivity contribution >= 4 is 23.1 Å². The first-order valence-electron chi connectivity index (χ1n) is 15.4. The van der Waals surface area contributed by atoms with E-state index in [2.05, 4.69) is 48.5 Å². The third kappa shape index (κ3) is 4.10. The van der Waals surface area contributed by atoms with Crippen LogP contribution in [0, 0.1) is 0 Å². The van der Waals surface area contributed by atoms with Gasteiger partial charge in [-0.15, -0.1) is 0 Å². The highest BCUT2D eigenvalue weighted by molar-refractivity contribution is 7.85. The number of fused-ring (bicyclic) bond motifs is 10. The molecule has 0 fully saturated rings. The third-order valence-corrected chi connectivity index (χ3v) is 12.0. The molecular formula is C42H27O3P. The van der Waals surface area contributed by atoms with Crippen molar-refractivity contribution < 1.29 is 14.0 Å². The summed E-state index contributed by atoms with van der Waals surface area (Å²) in [6.45, 7) is 0. The molecule has 3 nitrogen and oxygen atoms in total. The van der Waals surface area contributed by atoms with Gasteiger partial charge in [0.15, 0.2) is 7.14 Å². The molecule has 0 aliphatic carbocycles. The maximum Gasteiger partial charge on any atom is 0.171 e. The largest absolute Gasteiger partial charge is 0.456 e. The summed E-state index contributed by atoms with van der Waals surface area (Å²) in [5.74, 6) is 3.08. The van der Waals surface area contributed by atoms with Crippen LogP contribution in [0.5, 0.6) is 23.0 Å². The Morgan fingerprint density at radius 2 is 0.652 bits per heavy atom. The Hall–Kier alpha value is -5.63. The molecule has 7 aromatic carbocycles. The zero-order valence-corrected chi connectivity index (χ0v) is 25.7. The molecule has 0 saturated heterocycles.